The van der Waals surface area contributed by atoms with Crippen molar-refractivity contribution in [1.29, 1.82) is 0 Å². The number of hydrogen-bond acceptors (Lipinski definition) is 11. The van der Waals surface area contributed by atoms with Crippen LogP contribution < -0.4 is 5.32 Å². The van der Waals surface area contributed by atoms with Gasteiger partial charge in [-0.1, -0.05) is 6.08 Å². The van der Waals surface area contributed by atoms with Crippen molar-refractivity contribution in [1.82, 2.24) is 10.4 Å². The average Bonchev–Trinajstić information content (AvgIpc) is 3.11. The highest BCUT2D eigenvalue weighted by Crippen LogP contribution is 2.28. The lowest BCUT2D eigenvalue weighted by atomic mass is 9.96. The second kappa shape index (κ2) is 13.8. The first-order valence-corrected chi connectivity index (χ1v) is 11.4. The molecule has 36 heavy (non-hydrogen) atoms. The summed E-state index contributed by atoms with van der Waals surface area (Å²) in [6, 6.07) is -1.20. The molecule has 2 N–H and O–H groups in total. The molecule has 0 aliphatic carbocycles. The van der Waals surface area contributed by atoms with Gasteiger partial charge in [-0.25, -0.2) is 9.18 Å². The summed E-state index contributed by atoms with van der Waals surface area (Å²) in [5, 5.41) is 12.8. The van der Waals surface area contributed by atoms with E-state index in [9.17, 15) is 33.5 Å². The predicted molar refractivity (Wildman–Crippen MR) is 116 cm³/mol. The summed E-state index contributed by atoms with van der Waals surface area (Å²) in [6.45, 7) is 4.55. The van der Waals surface area contributed by atoms with Gasteiger partial charge in [0.25, 0.3) is 5.91 Å². The Hall–Kier alpha value is -3.10. The van der Waals surface area contributed by atoms with E-state index in [4.69, 9.17) is 23.8 Å². The van der Waals surface area contributed by atoms with Crippen molar-refractivity contribution in [3.63, 3.8) is 0 Å². The van der Waals surface area contributed by atoms with Gasteiger partial charge in [-0.2, -0.15) is 0 Å². The summed E-state index contributed by atoms with van der Waals surface area (Å²) in [4.78, 5) is 64.4. The van der Waals surface area contributed by atoms with E-state index >= 15 is 0 Å². The normalized spacial score (nSPS) is 27.8. The monoisotopic (exact) mass is 518 g/mol. The quantitative estimate of drug-likeness (QED) is 0.259. The number of nitrogens with one attached hydrogen (secondary N) is 1. The number of hydrogen-bond donors (Lipinski definition) is 2. The largest absolute Gasteiger partial charge is 0.456 e. The first kappa shape index (κ1) is 29.1. The maximum Gasteiger partial charge on any atom is 0.332 e. The molecule has 0 spiro atoms. The fourth-order valence-corrected chi connectivity index (χ4v) is 3.72. The number of rotatable bonds is 12. The molecule has 0 aromatic heterocycles. The van der Waals surface area contributed by atoms with Gasteiger partial charge in [-0.3, -0.25) is 19.2 Å². The molecule has 0 aromatic carbocycles. The predicted octanol–water partition coefficient (Wildman–Crippen LogP) is -0.199. The fourth-order valence-electron chi connectivity index (χ4n) is 3.72. The van der Waals surface area contributed by atoms with Gasteiger partial charge in [0, 0.05) is 39.5 Å². The molecule has 0 radical (unpaired) electrons. The van der Waals surface area contributed by atoms with Crippen LogP contribution in [0.3, 0.4) is 0 Å². The summed E-state index contributed by atoms with van der Waals surface area (Å²) in [5.41, 5.74) is 0. The molecule has 6 unspecified atom stereocenters. The van der Waals surface area contributed by atoms with Gasteiger partial charge in [0.05, 0.1) is 6.61 Å². The van der Waals surface area contributed by atoms with Crippen molar-refractivity contribution < 1.29 is 57.3 Å². The van der Waals surface area contributed by atoms with E-state index in [0.29, 0.717) is 5.06 Å². The number of aliphatic hydroxyl groups excluding tert-OH is 1. The van der Waals surface area contributed by atoms with Gasteiger partial charge in [-0.05, 0) is 6.42 Å². The average molecular weight is 518 g/mol. The van der Waals surface area contributed by atoms with Crippen molar-refractivity contribution >= 4 is 29.7 Å². The molecule has 0 bridgehead atoms. The van der Waals surface area contributed by atoms with Crippen molar-refractivity contribution in [2.75, 3.05) is 13.3 Å². The molecule has 6 atom stereocenters. The molecule has 2 aliphatic rings. The van der Waals surface area contributed by atoms with E-state index in [1.807, 2.05) is 0 Å². The number of ether oxygens (including phenoxy) is 4. The number of nitrogens with zero attached hydrogens (tertiary/aromatic N) is 1. The number of alkyl halides is 1. The zero-order valence-electron chi connectivity index (χ0n) is 20.1. The van der Waals surface area contributed by atoms with Crippen LogP contribution in [-0.4, -0.2) is 90.0 Å². The summed E-state index contributed by atoms with van der Waals surface area (Å²) in [7, 11) is 0. The molecule has 13 nitrogen and oxygen atoms in total. The van der Waals surface area contributed by atoms with Crippen LogP contribution in [0.25, 0.3) is 0 Å². The van der Waals surface area contributed by atoms with E-state index in [1.54, 1.807) is 0 Å². The molecule has 14 heteroatoms. The van der Waals surface area contributed by atoms with Crippen LogP contribution in [0.2, 0.25) is 0 Å². The van der Waals surface area contributed by atoms with Crippen LogP contribution in [0.1, 0.15) is 46.0 Å². The Labute approximate surface area is 206 Å². The zero-order chi connectivity index (χ0) is 26.8. The first-order chi connectivity index (χ1) is 17.1. The van der Waals surface area contributed by atoms with Crippen LogP contribution in [0.4, 0.5) is 4.39 Å². The minimum Gasteiger partial charge on any atom is -0.456 e. The molecule has 2 saturated heterocycles. The Morgan fingerprint density at radius 3 is 2.42 bits per heavy atom. The second-order valence-corrected chi connectivity index (χ2v) is 8.12. The number of carbonyl (C=O) groups is 5. The maximum absolute atomic E-state index is 13.7. The molecule has 2 aliphatic heterocycles. The Bertz CT molecular complexity index is 839. The smallest absolute Gasteiger partial charge is 0.332 e. The van der Waals surface area contributed by atoms with Crippen LogP contribution >= 0.6 is 0 Å². The van der Waals surface area contributed by atoms with E-state index in [-0.39, 0.29) is 38.7 Å². The van der Waals surface area contributed by atoms with Gasteiger partial charge < -0.3 is 34.2 Å². The standard InChI is InChI=1S/C22H31FN2O11/c1-4-10-32-22-19(21(34-13(3)27)20(33-12(2)26)14(11-23)35-22)24-15(28)6-5-7-18(31)36-25-16(29)8-9-17(25)30/h4,14,16,19-22,29H,1,5-11H2,2-3H3,(H,24,28). The lowest BCUT2D eigenvalue weighted by molar-refractivity contribution is -0.271. The van der Waals surface area contributed by atoms with Gasteiger partial charge in [0.15, 0.2) is 24.7 Å². The van der Waals surface area contributed by atoms with Gasteiger partial charge in [0.2, 0.25) is 5.91 Å². The number of halogens is 1. The molecule has 202 valence electrons. The third-order valence-corrected chi connectivity index (χ3v) is 5.23. The van der Waals surface area contributed by atoms with Crippen LogP contribution in [0, 0.1) is 0 Å². The molecule has 2 rings (SSSR count). The number of aliphatic hydroxyl groups is 1. The van der Waals surface area contributed by atoms with Crippen molar-refractivity contribution in [3.8, 4) is 0 Å². The second-order valence-electron chi connectivity index (χ2n) is 8.12. The Kier molecular flexibility index (Phi) is 11.2. The Morgan fingerprint density at radius 2 is 1.86 bits per heavy atom. The first-order valence-electron chi connectivity index (χ1n) is 11.4. The summed E-state index contributed by atoms with van der Waals surface area (Å²) in [6.07, 6.45) is -5.38. The molecule has 2 fully saturated rings. The molecule has 0 aromatic rings. The highest BCUT2D eigenvalue weighted by molar-refractivity contribution is 5.80. The highest BCUT2D eigenvalue weighted by Gasteiger charge is 2.51. The SMILES string of the molecule is C=CCOC1OC(CF)C(OC(C)=O)C(OC(C)=O)C1NC(=O)CCCC(=O)ON1C(=O)CCC1O. The fraction of sp³-hybridized carbons (Fsp3) is 0.682. The number of amides is 2. The maximum atomic E-state index is 13.7. The van der Waals surface area contributed by atoms with Crippen LogP contribution in [0.15, 0.2) is 12.7 Å². The topological polar surface area (TPSA) is 167 Å². The number of esters is 2. The third kappa shape index (κ3) is 8.24. The Balaban J connectivity index is 2.05. The van der Waals surface area contributed by atoms with E-state index in [1.165, 1.54) is 6.08 Å². The minimum atomic E-state index is -1.37. The number of carbonyl (C=O) groups excluding carboxylic acids is 5. The van der Waals surface area contributed by atoms with Gasteiger partial charge >= 0.3 is 17.9 Å². The molecule has 2 amide bonds. The van der Waals surface area contributed by atoms with Crippen molar-refractivity contribution in [2.45, 2.75) is 82.8 Å². The molecular formula is C22H31FN2O11. The summed E-state index contributed by atoms with van der Waals surface area (Å²) < 4.78 is 35.2. The van der Waals surface area contributed by atoms with Crippen LogP contribution in [-0.2, 0) is 47.8 Å². The highest BCUT2D eigenvalue weighted by atomic mass is 19.1. The van der Waals surface area contributed by atoms with Gasteiger partial charge in [-0.15, -0.1) is 11.6 Å². The van der Waals surface area contributed by atoms with E-state index in [2.05, 4.69) is 11.9 Å². The van der Waals surface area contributed by atoms with Gasteiger partial charge in [0.1, 0.15) is 18.8 Å². The lowest BCUT2D eigenvalue weighted by Gasteiger charge is -2.44. The molecule has 0 saturated carbocycles. The summed E-state index contributed by atoms with van der Waals surface area (Å²) >= 11 is 0. The van der Waals surface area contributed by atoms with E-state index in [0.717, 1.165) is 13.8 Å². The zero-order valence-corrected chi connectivity index (χ0v) is 20.1. The van der Waals surface area contributed by atoms with Crippen LogP contribution in [0.5, 0.6) is 0 Å². The minimum absolute atomic E-state index is 0.00721. The van der Waals surface area contributed by atoms with Crippen molar-refractivity contribution in [3.05, 3.63) is 12.7 Å². The lowest BCUT2D eigenvalue weighted by Crippen LogP contribution is -2.66. The van der Waals surface area contributed by atoms with E-state index < -0.39 is 73.3 Å². The molecular weight excluding hydrogens is 487 g/mol. The third-order valence-electron chi connectivity index (χ3n) is 5.23. The summed E-state index contributed by atoms with van der Waals surface area (Å²) in [5.74, 6) is -3.52. The number of hydroxylamine groups is 2. The van der Waals surface area contributed by atoms with Crippen molar-refractivity contribution in [2.24, 2.45) is 0 Å². The molecule has 2 heterocycles. The Morgan fingerprint density at radius 1 is 1.19 bits per heavy atom.